The van der Waals surface area contributed by atoms with Gasteiger partial charge in [0.25, 0.3) is 5.95 Å². The summed E-state index contributed by atoms with van der Waals surface area (Å²) in [6, 6.07) is 19.0. The number of rotatable bonds is 3. The van der Waals surface area contributed by atoms with Crippen LogP contribution in [0.25, 0.3) is 21.5 Å². The zero-order valence-electron chi connectivity index (χ0n) is 14.0. The van der Waals surface area contributed by atoms with Crippen LogP contribution in [-0.4, -0.2) is 28.3 Å². The molecule has 25 heavy (non-hydrogen) atoms. The Hall–Kier alpha value is -3.34. The van der Waals surface area contributed by atoms with Gasteiger partial charge in [-0.3, -0.25) is 0 Å². The van der Waals surface area contributed by atoms with Crippen molar-refractivity contribution >= 4 is 33.7 Å². The summed E-state index contributed by atoms with van der Waals surface area (Å²) in [6.07, 6.45) is 1.82. The highest BCUT2D eigenvalue weighted by Crippen LogP contribution is 2.27. The Morgan fingerprint density at radius 3 is 2.16 bits per heavy atom. The van der Waals surface area contributed by atoms with E-state index < -0.39 is 0 Å². The van der Waals surface area contributed by atoms with Gasteiger partial charge in [0.15, 0.2) is 0 Å². The lowest BCUT2D eigenvalue weighted by Crippen LogP contribution is -1.97. The van der Waals surface area contributed by atoms with Crippen molar-refractivity contribution in [2.75, 3.05) is 7.11 Å². The normalized spacial score (nSPS) is 11.4. The average molecular weight is 328 g/mol. The number of aryl methyl sites for hydroxylation is 1. The van der Waals surface area contributed by atoms with Crippen molar-refractivity contribution in [3.05, 3.63) is 66.0 Å². The summed E-state index contributed by atoms with van der Waals surface area (Å²) in [5.74, 6) is 0.906. The Balaban J connectivity index is 1.91. The van der Waals surface area contributed by atoms with Gasteiger partial charge in [-0.2, -0.15) is 15.0 Å². The van der Waals surface area contributed by atoms with E-state index in [-0.39, 0.29) is 6.01 Å². The van der Waals surface area contributed by atoms with E-state index in [1.807, 2.05) is 30.5 Å². The fourth-order valence-electron chi connectivity index (χ4n) is 2.90. The number of ether oxygens (including phenoxy) is 1. The maximum absolute atomic E-state index is 5.09. The summed E-state index contributed by atoms with van der Waals surface area (Å²) in [5, 5.41) is 4.63. The number of hydrogen-bond acceptors (Lipinski definition) is 5. The van der Waals surface area contributed by atoms with Crippen molar-refractivity contribution in [3.8, 4) is 6.01 Å². The first-order valence-corrected chi connectivity index (χ1v) is 7.96. The van der Waals surface area contributed by atoms with Crippen LogP contribution >= 0.6 is 0 Å². The topological polar surface area (TPSA) is 60.3 Å². The zero-order valence-corrected chi connectivity index (χ0v) is 14.0. The van der Waals surface area contributed by atoms with E-state index in [9.17, 15) is 0 Å². The first kappa shape index (κ1) is 15.2. The molecule has 0 N–H and O–H groups in total. The molecule has 0 saturated carbocycles. The van der Waals surface area contributed by atoms with Gasteiger partial charge in [-0.05, 0) is 34.5 Å². The van der Waals surface area contributed by atoms with Crippen LogP contribution in [0.3, 0.4) is 0 Å². The Morgan fingerprint density at radius 1 is 0.880 bits per heavy atom. The molecule has 0 spiro atoms. The Bertz CT molecular complexity index is 1050. The van der Waals surface area contributed by atoms with Gasteiger partial charge in [0, 0.05) is 11.8 Å². The van der Waals surface area contributed by atoms with Crippen LogP contribution in [0.15, 0.2) is 59.6 Å². The summed E-state index contributed by atoms with van der Waals surface area (Å²) in [5.41, 5.74) is 1.05. The quantitative estimate of drug-likeness (QED) is 0.417. The van der Waals surface area contributed by atoms with Gasteiger partial charge in [-0.1, -0.05) is 48.5 Å². The molecule has 4 rings (SSSR count). The third kappa shape index (κ3) is 2.92. The molecule has 5 heteroatoms. The second-order valence-electron chi connectivity index (χ2n) is 5.66. The molecular weight excluding hydrogens is 312 g/mol. The number of nitrogens with zero attached hydrogens (tertiary/aromatic N) is 4. The lowest BCUT2D eigenvalue weighted by molar-refractivity contribution is 0.377. The maximum atomic E-state index is 5.09. The molecule has 0 amide bonds. The molecule has 1 heterocycles. The molecule has 122 valence electrons. The molecule has 4 aromatic rings. The van der Waals surface area contributed by atoms with Crippen molar-refractivity contribution in [3.63, 3.8) is 0 Å². The third-order valence-electron chi connectivity index (χ3n) is 4.02. The summed E-state index contributed by atoms with van der Waals surface area (Å²) >= 11 is 0. The lowest BCUT2D eigenvalue weighted by Gasteiger charge is -2.07. The molecule has 0 aliphatic rings. The molecule has 5 nitrogen and oxygen atoms in total. The second kappa shape index (κ2) is 6.28. The van der Waals surface area contributed by atoms with Crippen molar-refractivity contribution < 1.29 is 4.74 Å². The van der Waals surface area contributed by atoms with Gasteiger partial charge >= 0.3 is 6.01 Å². The number of aliphatic imine (C=N–C) groups is 1. The number of fused-ring (bicyclic) bond motifs is 2. The van der Waals surface area contributed by atoms with Crippen molar-refractivity contribution in [2.45, 2.75) is 6.92 Å². The molecule has 0 aliphatic carbocycles. The minimum atomic E-state index is 0.266. The van der Waals surface area contributed by atoms with E-state index >= 15 is 0 Å². The average Bonchev–Trinajstić information content (AvgIpc) is 2.64. The van der Waals surface area contributed by atoms with E-state index in [0.29, 0.717) is 11.8 Å². The Morgan fingerprint density at radius 2 is 1.52 bits per heavy atom. The van der Waals surface area contributed by atoms with Gasteiger partial charge in [-0.15, -0.1) is 0 Å². The monoisotopic (exact) mass is 328 g/mol. The molecule has 0 unspecified atom stereocenters. The van der Waals surface area contributed by atoms with Gasteiger partial charge < -0.3 is 4.74 Å². The van der Waals surface area contributed by atoms with Crippen LogP contribution in [-0.2, 0) is 0 Å². The van der Waals surface area contributed by atoms with Crippen molar-refractivity contribution in [1.82, 2.24) is 15.0 Å². The zero-order chi connectivity index (χ0) is 17.2. The predicted octanol–water partition coefficient (Wildman–Crippen LogP) is 4.25. The highest BCUT2D eigenvalue weighted by molar-refractivity contribution is 6.13. The lowest BCUT2D eigenvalue weighted by atomic mass is 9.97. The Labute approximate surface area is 145 Å². The summed E-state index contributed by atoms with van der Waals surface area (Å²) in [4.78, 5) is 17.0. The number of benzene rings is 3. The SMILES string of the molecule is COc1nc(C)nc(/N=C/c2c3ccccc3cc3ccccc23)n1. The molecule has 0 bridgehead atoms. The number of hydrogen-bond donors (Lipinski definition) is 0. The number of methoxy groups -OCH3 is 1. The molecule has 0 saturated heterocycles. The van der Waals surface area contributed by atoms with Crippen LogP contribution in [0.4, 0.5) is 5.95 Å². The molecule has 0 aliphatic heterocycles. The second-order valence-corrected chi connectivity index (χ2v) is 5.66. The predicted molar refractivity (Wildman–Crippen MR) is 99.8 cm³/mol. The van der Waals surface area contributed by atoms with E-state index in [2.05, 4.69) is 50.3 Å². The maximum Gasteiger partial charge on any atom is 0.321 e. The first-order valence-electron chi connectivity index (χ1n) is 7.96. The third-order valence-corrected chi connectivity index (χ3v) is 4.02. The highest BCUT2D eigenvalue weighted by atomic mass is 16.5. The van der Waals surface area contributed by atoms with Crippen LogP contribution in [0, 0.1) is 6.92 Å². The van der Waals surface area contributed by atoms with Crippen LogP contribution in [0.1, 0.15) is 11.4 Å². The van der Waals surface area contributed by atoms with Crippen molar-refractivity contribution in [1.29, 1.82) is 0 Å². The van der Waals surface area contributed by atoms with Gasteiger partial charge in [-0.25, -0.2) is 4.99 Å². The smallest absolute Gasteiger partial charge is 0.321 e. The van der Waals surface area contributed by atoms with E-state index in [4.69, 9.17) is 4.74 Å². The van der Waals surface area contributed by atoms with Crippen molar-refractivity contribution in [2.24, 2.45) is 4.99 Å². The molecule has 0 fully saturated rings. The molecule has 3 aromatic carbocycles. The van der Waals surface area contributed by atoms with Crippen LogP contribution in [0.2, 0.25) is 0 Å². The minimum absolute atomic E-state index is 0.266. The fourth-order valence-corrected chi connectivity index (χ4v) is 2.90. The molecule has 0 atom stereocenters. The van der Waals surface area contributed by atoms with Gasteiger partial charge in [0.1, 0.15) is 5.82 Å². The fraction of sp³-hybridized carbons (Fsp3) is 0.100. The van der Waals surface area contributed by atoms with Crippen LogP contribution < -0.4 is 4.74 Å². The van der Waals surface area contributed by atoms with E-state index in [0.717, 1.165) is 16.3 Å². The minimum Gasteiger partial charge on any atom is -0.467 e. The van der Waals surface area contributed by atoms with Crippen LogP contribution in [0.5, 0.6) is 6.01 Å². The van der Waals surface area contributed by atoms with E-state index in [1.54, 1.807) is 6.92 Å². The largest absolute Gasteiger partial charge is 0.467 e. The summed E-state index contributed by atoms with van der Waals surface area (Å²) in [6.45, 7) is 1.79. The number of aromatic nitrogens is 3. The van der Waals surface area contributed by atoms with Gasteiger partial charge in [0.05, 0.1) is 7.11 Å². The summed E-state index contributed by atoms with van der Waals surface area (Å²) < 4.78 is 5.09. The molecule has 1 aromatic heterocycles. The standard InChI is InChI=1S/C20H16N4O/c1-13-22-19(24-20(23-13)25-2)21-12-18-16-9-5-3-7-14(16)11-15-8-4-6-10-17(15)18/h3-12H,1-2H3/b21-12+. The van der Waals surface area contributed by atoms with E-state index in [1.165, 1.54) is 17.9 Å². The van der Waals surface area contributed by atoms with Gasteiger partial charge in [0.2, 0.25) is 0 Å². The molecular formula is C20H16N4O. The molecule has 0 radical (unpaired) electrons. The summed E-state index contributed by atoms with van der Waals surface area (Å²) in [7, 11) is 1.53. The first-order chi connectivity index (χ1) is 12.2. The Kier molecular flexibility index (Phi) is 3.82. The highest BCUT2D eigenvalue weighted by Gasteiger charge is 2.06.